The molecule has 184 valence electrons. The van der Waals surface area contributed by atoms with Gasteiger partial charge in [-0.05, 0) is 48.4 Å². The van der Waals surface area contributed by atoms with Gasteiger partial charge >= 0.3 is 0 Å². The Hall–Kier alpha value is -4.41. The van der Waals surface area contributed by atoms with Gasteiger partial charge in [-0.2, -0.15) is 5.26 Å². The van der Waals surface area contributed by atoms with E-state index in [1.165, 1.54) is 0 Å². The van der Waals surface area contributed by atoms with Crippen LogP contribution in [0.25, 0.3) is 11.4 Å². The monoisotopic (exact) mass is 488 g/mol. The number of carbonyl (C=O) groups is 1. The molecule has 1 saturated heterocycles. The Kier molecular flexibility index (Phi) is 5.74. The molecule has 6 rings (SSSR count). The first-order valence-electron chi connectivity index (χ1n) is 12.6. The minimum absolute atomic E-state index is 0.0158. The standard InChI is InChI=1S/C30H28N6O/c1-20-19-32-29(34(20)2)21-11-12-27(22(17-21)18-31)35-13-15-36(16-14-35)28-23-7-3-4-8-24(23)30(37)33-26-10-6-5-9-25(26)28/h3-12,17,19,28H,13-16H2,1-2H3,(H,33,37). The van der Waals surface area contributed by atoms with Crippen LogP contribution in [-0.2, 0) is 7.05 Å². The predicted molar refractivity (Wildman–Crippen MR) is 145 cm³/mol. The zero-order valence-corrected chi connectivity index (χ0v) is 21.0. The third-order valence-electron chi connectivity index (χ3n) is 7.62. The van der Waals surface area contributed by atoms with Gasteiger partial charge in [-0.15, -0.1) is 0 Å². The number of carbonyl (C=O) groups excluding carboxylic acids is 1. The second kappa shape index (κ2) is 9.23. The number of para-hydroxylation sites is 1. The number of hydrogen-bond acceptors (Lipinski definition) is 5. The van der Waals surface area contributed by atoms with Gasteiger partial charge in [0.15, 0.2) is 0 Å². The van der Waals surface area contributed by atoms with Crippen molar-refractivity contribution in [1.29, 1.82) is 5.26 Å². The molecule has 1 fully saturated rings. The fourth-order valence-corrected chi connectivity index (χ4v) is 5.57. The number of fused-ring (bicyclic) bond motifs is 2. The van der Waals surface area contributed by atoms with Crippen LogP contribution >= 0.6 is 0 Å². The molecule has 3 heterocycles. The Balaban J connectivity index is 1.28. The van der Waals surface area contributed by atoms with Crippen molar-refractivity contribution < 1.29 is 4.79 Å². The SMILES string of the molecule is Cc1cnc(-c2ccc(N3CCN(C4c5ccccc5NC(=O)c5ccccc54)CC3)c(C#N)c2)n1C. The number of benzene rings is 3. The molecular formula is C30H28N6O. The summed E-state index contributed by atoms with van der Waals surface area (Å²) in [6.45, 7) is 5.22. The summed E-state index contributed by atoms with van der Waals surface area (Å²) >= 11 is 0. The van der Waals surface area contributed by atoms with Crippen LogP contribution in [0, 0.1) is 18.3 Å². The van der Waals surface area contributed by atoms with Crippen molar-refractivity contribution in [2.24, 2.45) is 7.05 Å². The first-order chi connectivity index (χ1) is 18.0. The fourth-order valence-electron chi connectivity index (χ4n) is 5.57. The Morgan fingerprint density at radius 3 is 2.43 bits per heavy atom. The van der Waals surface area contributed by atoms with Crippen molar-refractivity contribution in [2.45, 2.75) is 13.0 Å². The predicted octanol–water partition coefficient (Wildman–Crippen LogP) is 4.74. The second-order valence-corrected chi connectivity index (χ2v) is 9.68. The lowest BCUT2D eigenvalue weighted by Gasteiger charge is -2.41. The van der Waals surface area contributed by atoms with Gasteiger partial charge in [-0.25, -0.2) is 4.98 Å². The molecule has 37 heavy (non-hydrogen) atoms. The van der Waals surface area contributed by atoms with Crippen LogP contribution in [0.15, 0.2) is 72.9 Å². The number of nitrogens with one attached hydrogen (secondary N) is 1. The summed E-state index contributed by atoms with van der Waals surface area (Å²) in [5.74, 6) is 0.796. The van der Waals surface area contributed by atoms with Gasteiger partial charge in [-0.3, -0.25) is 9.69 Å². The molecule has 0 aliphatic carbocycles. The number of aromatic nitrogens is 2. The molecule has 0 radical (unpaired) electrons. The fraction of sp³-hybridized carbons (Fsp3) is 0.233. The van der Waals surface area contributed by atoms with Crippen LogP contribution in [0.2, 0.25) is 0 Å². The van der Waals surface area contributed by atoms with E-state index in [4.69, 9.17) is 0 Å². The van der Waals surface area contributed by atoms with Crippen LogP contribution in [0.3, 0.4) is 0 Å². The maximum atomic E-state index is 13.0. The average Bonchev–Trinajstić information content (AvgIpc) is 3.21. The summed E-state index contributed by atoms with van der Waals surface area (Å²) in [6, 6.07) is 24.4. The van der Waals surface area contributed by atoms with Crippen LogP contribution < -0.4 is 10.2 Å². The highest BCUT2D eigenvalue weighted by Crippen LogP contribution is 2.39. The molecule has 7 nitrogen and oxygen atoms in total. The summed E-state index contributed by atoms with van der Waals surface area (Å²) < 4.78 is 2.04. The third kappa shape index (κ3) is 3.96. The van der Waals surface area contributed by atoms with E-state index >= 15 is 0 Å². The number of hydrogen-bond donors (Lipinski definition) is 1. The second-order valence-electron chi connectivity index (χ2n) is 9.68. The minimum atomic E-state index is -0.0640. The Bertz CT molecular complexity index is 1540. The van der Waals surface area contributed by atoms with Crippen molar-refractivity contribution in [3.05, 3.63) is 101 Å². The van der Waals surface area contributed by atoms with Crippen molar-refractivity contribution in [1.82, 2.24) is 14.5 Å². The van der Waals surface area contributed by atoms with Gasteiger partial charge in [0.25, 0.3) is 5.91 Å². The lowest BCUT2D eigenvalue weighted by atomic mass is 9.93. The van der Waals surface area contributed by atoms with Crippen LogP contribution in [0.1, 0.15) is 38.8 Å². The number of anilines is 2. The van der Waals surface area contributed by atoms with Gasteiger partial charge in [0.2, 0.25) is 0 Å². The Labute approximate surface area is 216 Å². The number of aryl methyl sites for hydroxylation is 1. The number of rotatable bonds is 3. The molecule has 1 atom stereocenters. The van der Waals surface area contributed by atoms with Crippen molar-refractivity contribution >= 4 is 17.3 Å². The molecule has 2 aliphatic rings. The summed E-state index contributed by atoms with van der Waals surface area (Å²) in [4.78, 5) is 22.2. The molecule has 0 spiro atoms. The first-order valence-corrected chi connectivity index (χ1v) is 12.6. The topological polar surface area (TPSA) is 77.2 Å². The molecule has 1 N–H and O–H groups in total. The lowest BCUT2D eigenvalue weighted by Crippen LogP contribution is -2.48. The molecule has 1 amide bonds. The van der Waals surface area contributed by atoms with Gasteiger partial charge in [0.05, 0.1) is 17.3 Å². The molecule has 0 bridgehead atoms. The molecule has 3 aromatic carbocycles. The van der Waals surface area contributed by atoms with E-state index in [9.17, 15) is 10.1 Å². The normalized spacial score (nSPS) is 17.4. The molecule has 4 aromatic rings. The van der Waals surface area contributed by atoms with E-state index in [-0.39, 0.29) is 11.9 Å². The summed E-state index contributed by atoms with van der Waals surface area (Å²) in [7, 11) is 1.99. The highest BCUT2D eigenvalue weighted by Gasteiger charge is 2.33. The van der Waals surface area contributed by atoms with Crippen LogP contribution in [0.5, 0.6) is 0 Å². The Morgan fingerprint density at radius 2 is 1.70 bits per heavy atom. The lowest BCUT2D eigenvalue weighted by molar-refractivity contribution is 0.102. The van der Waals surface area contributed by atoms with Crippen LogP contribution in [-0.4, -0.2) is 46.5 Å². The quantitative estimate of drug-likeness (QED) is 0.451. The smallest absolute Gasteiger partial charge is 0.256 e. The maximum Gasteiger partial charge on any atom is 0.256 e. The minimum Gasteiger partial charge on any atom is -0.368 e. The molecule has 1 unspecified atom stereocenters. The maximum absolute atomic E-state index is 13.0. The van der Waals surface area contributed by atoms with E-state index in [2.05, 4.69) is 44.4 Å². The van der Waals surface area contributed by atoms with E-state index < -0.39 is 0 Å². The number of imidazole rings is 1. The largest absolute Gasteiger partial charge is 0.368 e. The van der Waals surface area contributed by atoms with E-state index in [0.29, 0.717) is 5.56 Å². The van der Waals surface area contributed by atoms with Gasteiger partial charge in [0.1, 0.15) is 11.9 Å². The third-order valence-corrected chi connectivity index (χ3v) is 7.62. The van der Waals surface area contributed by atoms with Gasteiger partial charge in [-0.1, -0.05) is 36.4 Å². The Morgan fingerprint density at radius 1 is 0.973 bits per heavy atom. The molecule has 0 saturated carbocycles. The molecule has 7 heteroatoms. The number of piperazine rings is 1. The van der Waals surface area contributed by atoms with E-state index in [1.54, 1.807) is 0 Å². The summed E-state index contributed by atoms with van der Waals surface area (Å²) in [5.41, 5.74) is 7.36. The molecule has 1 aromatic heterocycles. The van der Waals surface area contributed by atoms with Crippen molar-refractivity contribution in [2.75, 3.05) is 36.4 Å². The number of amides is 1. The summed E-state index contributed by atoms with van der Waals surface area (Å²) in [5, 5.41) is 13.1. The first kappa shape index (κ1) is 23.0. The molecular weight excluding hydrogens is 460 g/mol. The van der Waals surface area contributed by atoms with Gasteiger partial charge < -0.3 is 14.8 Å². The highest BCUT2D eigenvalue weighted by atomic mass is 16.1. The van der Waals surface area contributed by atoms with Gasteiger partial charge in [0, 0.05) is 61.9 Å². The van der Waals surface area contributed by atoms with E-state index in [1.807, 2.05) is 73.3 Å². The molecule has 2 aliphatic heterocycles. The highest BCUT2D eigenvalue weighted by molar-refractivity contribution is 6.07. The van der Waals surface area contributed by atoms with Crippen molar-refractivity contribution in [3.63, 3.8) is 0 Å². The number of nitrogens with zero attached hydrogens (tertiary/aromatic N) is 5. The zero-order valence-electron chi connectivity index (χ0n) is 21.0. The average molecular weight is 489 g/mol. The number of nitriles is 1. The van der Waals surface area contributed by atoms with Crippen LogP contribution in [0.4, 0.5) is 11.4 Å². The van der Waals surface area contributed by atoms with E-state index in [0.717, 1.165) is 71.3 Å². The summed E-state index contributed by atoms with van der Waals surface area (Å²) in [6.07, 6.45) is 1.85. The zero-order chi connectivity index (χ0) is 25.5. The van der Waals surface area contributed by atoms with Crippen molar-refractivity contribution in [3.8, 4) is 17.5 Å².